The maximum Gasteiger partial charge on any atom is 0.303 e. The summed E-state index contributed by atoms with van der Waals surface area (Å²) in [6.07, 6.45) is 20.2. The molecule has 0 fully saturated rings. The highest BCUT2D eigenvalue weighted by atomic mass is 16.4. The Bertz CT molecular complexity index is 219. The monoisotopic (exact) mass is 285 g/mol. The van der Waals surface area contributed by atoms with Gasteiger partial charge in [-0.2, -0.15) is 0 Å². The molecule has 0 aromatic carbocycles. The van der Waals surface area contributed by atoms with E-state index in [2.05, 4.69) is 12.0 Å². The summed E-state index contributed by atoms with van der Waals surface area (Å²) in [4.78, 5) is 10.7. The number of hydrogen-bond donors (Lipinski definition) is 1. The van der Waals surface area contributed by atoms with E-state index in [1.54, 1.807) is 0 Å². The molecule has 0 rings (SSSR count). The lowest BCUT2D eigenvalue weighted by Gasteiger charge is -2.03. The Labute approximate surface area is 127 Å². The number of carbonyl (C=O) groups is 1. The lowest BCUT2D eigenvalue weighted by atomic mass is 10.0. The molecule has 20 heavy (non-hydrogen) atoms. The van der Waals surface area contributed by atoms with Crippen molar-refractivity contribution in [2.75, 3.05) is 0 Å². The van der Waals surface area contributed by atoms with Gasteiger partial charge < -0.3 is 5.11 Å². The maximum absolute atomic E-state index is 10.7. The van der Waals surface area contributed by atoms with Gasteiger partial charge in [-0.1, -0.05) is 96.8 Å². The van der Waals surface area contributed by atoms with Crippen molar-refractivity contribution >= 4 is 5.97 Å². The van der Waals surface area contributed by atoms with E-state index < -0.39 is 5.97 Å². The van der Waals surface area contributed by atoms with Gasteiger partial charge in [0, 0.05) is 6.42 Å². The van der Waals surface area contributed by atoms with Crippen molar-refractivity contribution in [2.45, 2.75) is 110 Å². The number of carboxylic acids is 1. The molecule has 2 heteroatoms. The summed E-state index contributed by atoms with van der Waals surface area (Å²) in [6.45, 7) is 2.27. The highest BCUT2D eigenvalue weighted by Crippen LogP contribution is 2.13. The lowest BCUT2D eigenvalue weighted by molar-refractivity contribution is -0.137. The molecular formula is C18H36O2. The van der Waals surface area contributed by atoms with Crippen molar-refractivity contribution in [1.82, 2.24) is 0 Å². The van der Waals surface area contributed by atoms with Gasteiger partial charge in [-0.25, -0.2) is 0 Å². The van der Waals surface area contributed by atoms with Crippen LogP contribution >= 0.6 is 0 Å². The fraction of sp³-hybridized carbons (Fsp3) is 0.944. The Morgan fingerprint density at radius 2 is 1.05 bits per heavy atom. The summed E-state index contributed by atoms with van der Waals surface area (Å²) < 4.78 is 6.44. The van der Waals surface area contributed by atoms with Crippen LogP contribution in [0.3, 0.4) is 0 Å². The summed E-state index contributed by atoms with van der Waals surface area (Å²) in [6, 6.07) is 0. The standard InChI is InChI=1S/C18H36O2/c1-2-3-4-5-6-7-8-9-10-11-12-13-14-15-16-17-18(19)20/h2-17H2,1H3,(H,19,20)/i/hD. The topological polar surface area (TPSA) is 37.3 Å². The second kappa shape index (κ2) is 16.5. The molecule has 120 valence electrons. The lowest BCUT2D eigenvalue weighted by Crippen LogP contribution is -1.93. The number of unbranched alkanes of at least 4 members (excludes halogenated alkanes) is 14. The largest absolute Gasteiger partial charge is 0.481 e. The van der Waals surface area contributed by atoms with Crippen molar-refractivity contribution < 1.29 is 9.90 Å². The second-order valence-electron chi connectivity index (χ2n) is 6.07. The van der Waals surface area contributed by atoms with E-state index >= 15 is 0 Å². The Kier molecular flexibility index (Phi) is 14.5. The minimum atomic E-state index is -0.398. The van der Waals surface area contributed by atoms with Gasteiger partial charge in [0.05, 0.1) is 0 Å². The molecule has 0 aromatic heterocycles. The molecular weight excluding hydrogens is 248 g/mol. The van der Waals surface area contributed by atoms with Gasteiger partial charge in [0.25, 0.3) is 1.43 Å². The normalized spacial score (nSPS) is 11.3. The average molecular weight is 285 g/mol. The van der Waals surface area contributed by atoms with Gasteiger partial charge in [-0.05, 0) is 6.42 Å². The highest BCUT2D eigenvalue weighted by Gasteiger charge is 1.97. The number of aliphatic carboxylic acids is 1. The zero-order valence-electron chi connectivity index (χ0n) is 14.6. The van der Waals surface area contributed by atoms with Crippen LogP contribution in [-0.2, 0) is 4.79 Å². The van der Waals surface area contributed by atoms with Crippen LogP contribution in [0.2, 0.25) is 0 Å². The molecule has 0 saturated heterocycles. The summed E-state index contributed by atoms with van der Waals surface area (Å²) >= 11 is 0. The predicted molar refractivity (Wildman–Crippen MR) is 87.2 cm³/mol. The molecule has 0 aromatic rings. The molecule has 0 spiro atoms. The highest BCUT2D eigenvalue weighted by molar-refractivity contribution is 5.66. The second-order valence-corrected chi connectivity index (χ2v) is 6.07. The van der Waals surface area contributed by atoms with E-state index in [0.29, 0.717) is 6.42 Å². The number of rotatable bonds is 16. The van der Waals surface area contributed by atoms with Crippen molar-refractivity contribution in [2.24, 2.45) is 0 Å². The molecule has 0 saturated carbocycles. The van der Waals surface area contributed by atoms with Crippen LogP contribution in [0.4, 0.5) is 0 Å². The fourth-order valence-electron chi connectivity index (χ4n) is 2.64. The summed E-state index contributed by atoms with van der Waals surface area (Å²) in [7, 11) is 0. The quantitative estimate of drug-likeness (QED) is 0.336. The summed E-state index contributed by atoms with van der Waals surface area (Å²) in [5.41, 5.74) is 0. The third kappa shape index (κ3) is 17.5. The minimum Gasteiger partial charge on any atom is -0.481 e. The maximum atomic E-state index is 10.7. The van der Waals surface area contributed by atoms with E-state index in [4.69, 9.17) is 1.43 Å². The Morgan fingerprint density at radius 1 is 0.700 bits per heavy atom. The van der Waals surface area contributed by atoms with Crippen LogP contribution in [-0.4, -0.2) is 11.1 Å². The predicted octanol–water partition coefficient (Wildman–Crippen LogP) is 6.33. The zero-order chi connectivity index (χ0) is 15.6. The molecule has 0 aliphatic rings. The molecule has 0 aliphatic carbocycles. The molecule has 0 aliphatic heterocycles. The molecule has 0 bridgehead atoms. The van der Waals surface area contributed by atoms with E-state index in [1.807, 2.05) is 0 Å². The van der Waals surface area contributed by atoms with E-state index in [0.717, 1.165) is 12.8 Å². The van der Waals surface area contributed by atoms with E-state index in [1.165, 1.54) is 83.5 Å². The van der Waals surface area contributed by atoms with Crippen LogP contribution < -0.4 is 0 Å². The van der Waals surface area contributed by atoms with Gasteiger partial charge in [0.2, 0.25) is 0 Å². The Balaban J connectivity index is 2.98. The number of carboxylic acid groups (broad SMARTS) is 1. The fourth-order valence-corrected chi connectivity index (χ4v) is 2.64. The van der Waals surface area contributed by atoms with Gasteiger partial charge in [-0.3, -0.25) is 4.79 Å². The first kappa shape index (κ1) is 17.5. The summed E-state index contributed by atoms with van der Waals surface area (Å²) in [5, 5.41) is 3.88. The molecule has 0 unspecified atom stereocenters. The molecule has 0 amide bonds. The molecule has 2 nitrogen and oxygen atoms in total. The first-order valence-electron chi connectivity index (χ1n) is 9.38. The summed E-state index contributed by atoms with van der Waals surface area (Å²) in [5.74, 6) is -0.398. The van der Waals surface area contributed by atoms with Gasteiger partial charge in [0.15, 0.2) is 0 Å². The zero-order valence-corrected chi connectivity index (χ0v) is 13.6. The number of hydrogen-bond acceptors (Lipinski definition) is 2. The van der Waals surface area contributed by atoms with Crippen molar-refractivity contribution in [3.63, 3.8) is 0 Å². The van der Waals surface area contributed by atoms with E-state index in [-0.39, 0.29) is 0 Å². The van der Waals surface area contributed by atoms with Crippen molar-refractivity contribution in [3.8, 4) is 0 Å². The van der Waals surface area contributed by atoms with Crippen LogP contribution in [0.5, 0.6) is 0 Å². The van der Waals surface area contributed by atoms with Crippen LogP contribution in [0.1, 0.15) is 110 Å². The molecule has 0 heterocycles. The van der Waals surface area contributed by atoms with Gasteiger partial charge in [0.1, 0.15) is 0 Å². The smallest absolute Gasteiger partial charge is 0.303 e. The van der Waals surface area contributed by atoms with E-state index in [9.17, 15) is 4.79 Å². The minimum absolute atomic E-state index is 0.398. The Hall–Kier alpha value is -0.530. The van der Waals surface area contributed by atoms with Gasteiger partial charge >= 0.3 is 5.97 Å². The molecule has 0 radical (unpaired) electrons. The van der Waals surface area contributed by atoms with Gasteiger partial charge in [-0.15, -0.1) is 0 Å². The first-order chi connectivity index (χ1) is 10.3. The first-order valence-corrected chi connectivity index (χ1v) is 8.97. The van der Waals surface area contributed by atoms with Crippen molar-refractivity contribution in [3.05, 3.63) is 0 Å². The Morgan fingerprint density at radius 3 is 1.40 bits per heavy atom. The van der Waals surface area contributed by atoms with Crippen LogP contribution in [0.15, 0.2) is 0 Å². The van der Waals surface area contributed by atoms with Crippen molar-refractivity contribution in [1.29, 1.82) is 1.43 Å². The average Bonchev–Trinajstić information content (AvgIpc) is 2.50. The molecule has 0 atom stereocenters. The third-order valence-corrected chi connectivity index (χ3v) is 3.98. The third-order valence-electron chi connectivity index (χ3n) is 3.98. The van der Waals surface area contributed by atoms with Crippen LogP contribution in [0, 0.1) is 0 Å². The van der Waals surface area contributed by atoms with Crippen LogP contribution in [0.25, 0.3) is 1.43 Å². The SMILES string of the molecule is [2H]OC(=O)CCCCCCCCCCCCCCCCC. The molecule has 1 N–H and O–H groups in total.